The number of fused-ring (bicyclic) bond motifs is 5. The van der Waals surface area contributed by atoms with Crippen LogP contribution in [0.5, 0.6) is 0 Å². The molecule has 0 spiro atoms. The van der Waals surface area contributed by atoms with E-state index in [0.717, 1.165) is 42.9 Å². The molecule has 0 amide bonds. The predicted molar refractivity (Wildman–Crippen MR) is 146 cm³/mol. The van der Waals surface area contributed by atoms with Crippen molar-refractivity contribution < 1.29 is 14.8 Å². The number of rotatable bonds is 6. The molecule has 10 unspecified atom stereocenters. The summed E-state index contributed by atoms with van der Waals surface area (Å²) in [6.45, 7) is 14.5. The van der Waals surface area contributed by atoms with Crippen LogP contribution in [0, 0.1) is 53.3 Å². The molecule has 4 aliphatic carbocycles. The molecule has 1 aromatic heterocycles. The molecule has 1 heterocycles. The summed E-state index contributed by atoms with van der Waals surface area (Å²) in [6, 6.07) is 4.41. The smallest absolute Gasteiger partial charge is 0.187 e. The molecule has 202 valence electrons. The van der Waals surface area contributed by atoms with Crippen molar-refractivity contribution >= 4 is 0 Å². The van der Waals surface area contributed by atoms with Gasteiger partial charge in [-0.15, -0.1) is 0 Å². The predicted octanol–water partition coefficient (Wildman–Crippen LogP) is 7.03. The van der Waals surface area contributed by atoms with E-state index in [1.807, 2.05) is 0 Å². The van der Waals surface area contributed by atoms with Crippen LogP contribution < -0.4 is 4.57 Å². The number of aryl methyl sites for hydroxylation is 1. The van der Waals surface area contributed by atoms with E-state index in [4.69, 9.17) is 0 Å². The van der Waals surface area contributed by atoms with Crippen LogP contribution in [0.3, 0.4) is 0 Å². The first kappa shape index (κ1) is 26.7. The molecule has 0 saturated heterocycles. The van der Waals surface area contributed by atoms with Crippen molar-refractivity contribution in [3.05, 3.63) is 30.1 Å². The highest BCUT2D eigenvalue weighted by molar-refractivity contribution is 5.16. The largest absolute Gasteiger partial charge is 0.393 e. The van der Waals surface area contributed by atoms with Gasteiger partial charge in [0.15, 0.2) is 18.4 Å². The minimum atomic E-state index is -0.846. The van der Waals surface area contributed by atoms with Crippen molar-refractivity contribution in [3.63, 3.8) is 0 Å². The van der Waals surface area contributed by atoms with E-state index in [1.165, 1.54) is 50.5 Å². The topological polar surface area (TPSA) is 44.3 Å². The summed E-state index contributed by atoms with van der Waals surface area (Å²) in [5.41, 5.74) is 0.733. The van der Waals surface area contributed by atoms with Gasteiger partial charge < -0.3 is 10.2 Å². The Morgan fingerprint density at radius 1 is 0.972 bits per heavy atom. The van der Waals surface area contributed by atoms with Crippen LogP contribution >= 0.6 is 0 Å². The van der Waals surface area contributed by atoms with E-state index in [0.29, 0.717) is 23.7 Å². The van der Waals surface area contributed by atoms with Gasteiger partial charge in [0.25, 0.3) is 0 Å². The zero-order chi connectivity index (χ0) is 25.9. The Morgan fingerprint density at radius 3 is 2.39 bits per heavy atom. The molecular weight excluding hydrogens is 442 g/mol. The normalized spacial score (nSPS) is 45.1. The maximum absolute atomic E-state index is 12.5. The molecule has 0 radical (unpaired) electrons. The van der Waals surface area contributed by atoms with Gasteiger partial charge in [0.1, 0.15) is 5.60 Å². The summed E-state index contributed by atoms with van der Waals surface area (Å²) in [7, 11) is 0. The number of aliphatic hydroxyl groups is 2. The molecule has 1 aromatic rings. The van der Waals surface area contributed by atoms with Crippen molar-refractivity contribution in [1.82, 2.24) is 0 Å². The van der Waals surface area contributed by atoms with Crippen LogP contribution in [0.25, 0.3) is 0 Å². The standard InChI is InChI=1S/C33H54NO2/c1-22(2)8-7-9-24(4)27-10-11-28-26-20-30(34-18-14-23(3)15-19-34)33(36)21-25(35)12-17-32(33,6)29(26)13-16-31(27,28)5/h14-15,18-19,22,24-30,35-36H,7-13,16-17,20-21H2,1-6H3/q+1. The molecule has 0 aromatic carbocycles. The van der Waals surface area contributed by atoms with E-state index >= 15 is 0 Å². The van der Waals surface area contributed by atoms with E-state index in [1.54, 1.807) is 0 Å². The summed E-state index contributed by atoms with van der Waals surface area (Å²) in [5.74, 6) is 4.50. The molecular formula is C33H54NO2+. The highest BCUT2D eigenvalue weighted by Gasteiger charge is 2.70. The fourth-order valence-electron chi connectivity index (χ4n) is 10.4. The second kappa shape index (κ2) is 9.67. The third kappa shape index (κ3) is 4.19. The van der Waals surface area contributed by atoms with Gasteiger partial charge in [-0.3, -0.25) is 0 Å². The van der Waals surface area contributed by atoms with Crippen LogP contribution in [0.1, 0.15) is 117 Å². The Kier molecular flexibility index (Phi) is 7.16. The fourth-order valence-corrected chi connectivity index (χ4v) is 10.4. The van der Waals surface area contributed by atoms with E-state index in [2.05, 4.69) is 70.6 Å². The monoisotopic (exact) mass is 496 g/mol. The van der Waals surface area contributed by atoms with E-state index in [9.17, 15) is 10.2 Å². The lowest BCUT2D eigenvalue weighted by Crippen LogP contribution is -2.71. The highest BCUT2D eigenvalue weighted by Crippen LogP contribution is 2.70. The average Bonchev–Trinajstić information content (AvgIpc) is 3.17. The van der Waals surface area contributed by atoms with Crippen LogP contribution in [0.4, 0.5) is 0 Å². The molecule has 2 N–H and O–H groups in total. The van der Waals surface area contributed by atoms with Gasteiger partial charge in [-0.1, -0.05) is 53.9 Å². The Labute approximate surface area is 221 Å². The maximum Gasteiger partial charge on any atom is 0.187 e. The van der Waals surface area contributed by atoms with Gasteiger partial charge in [-0.25, -0.2) is 0 Å². The van der Waals surface area contributed by atoms with Gasteiger partial charge in [-0.2, -0.15) is 4.57 Å². The summed E-state index contributed by atoms with van der Waals surface area (Å²) >= 11 is 0. The zero-order valence-electron chi connectivity index (χ0n) is 24.0. The minimum absolute atomic E-state index is 0.0455. The van der Waals surface area contributed by atoms with Gasteiger partial charge in [-0.05, 0) is 91.9 Å². The average molecular weight is 497 g/mol. The number of aromatic nitrogens is 1. The van der Waals surface area contributed by atoms with Crippen LogP contribution in [-0.4, -0.2) is 21.9 Å². The first-order chi connectivity index (χ1) is 17.0. The number of hydrogen-bond donors (Lipinski definition) is 2. The summed E-state index contributed by atoms with van der Waals surface area (Å²) < 4.78 is 2.31. The lowest BCUT2D eigenvalue weighted by Gasteiger charge is -2.64. The van der Waals surface area contributed by atoms with Gasteiger partial charge in [0, 0.05) is 30.4 Å². The first-order valence-corrected chi connectivity index (χ1v) is 15.4. The second-order valence-electron chi connectivity index (χ2n) is 14.7. The van der Waals surface area contributed by atoms with Crippen molar-refractivity contribution in [3.8, 4) is 0 Å². The van der Waals surface area contributed by atoms with E-state index in [-0.39, 0.29) is 17.6 Å². The van der Waals surface area contributed by atoms with Crippen molar-refractivity contribution in [1.29, 1.82) is 0 Å². The first-order valence-electron chi connectivity index (χ1n) is 15.4. The van der Waals surface area contributed by atoms with Crippen molar-refractivity contribution in [2.45, 2.75) is 130 Å². The number of nitrogens with zero attached hydrogens (tertiary/aromatic N) is 1. The molecule has 3 heteroatoms. The van der Waals surface area contributed by atoms with Gasteiger partial charge >= 0.3 is 0 Å². The fraction of sp³-hybridized carbons (Fsp3) is 0.848. The van der Waals surface area contributed by atoms with Gasteiger partial charge in [0.2, 0.25) is 0 Å². The van der Waals surface area contributed by atoms with Crippen LogP contribution in [0.2, 0.25) is 0 Å². The molecule has 4 saturated carbocycles. The number of aliphatic hydroxyl groups excluding tert-OH is 1. The highest BCUT2D eigenvalue weighted by atomic mass is 16.3. The summed E-state index contributed by atoms with van der Waals surface area (Å²) in [4.78, 5) is 0. The molecule has 4 fully saturated rings. The molecule has 5 rings (SSSR count). The third-order valence-corrected chi connectivity index (χ3v) is 12.4. The molecule has 4 aliphatic rings. The van der Waals surface area contributed by atoms with Crippen LogP contribution in [0.15, 0.2) is 24.5 Å². The molecule has 0 bridgehead atoms. The SMILES string of the molecule is Cc1cc[n+](C2CC3C4CCC(C(C)CCCC(C)C)C4(C)CCC3C3(C)CCC(O)CC23O)cc1. The van der Waals surface area contributed by atoms with Crippen molar-refractivity contribution in [2.75, 3.05) is 0 Å². The maximum atomic E-state index is 12.5. The zero-order valence-corrected chi connectivity index (χ0v) is 24.0. The van der Waals surface area contributed by atoms with E-state index < -0.39 is 5.60 Å². The quantitative estimate of drug-likeness (QED) is 0.415. The van der Waals surface area contributed by atoms with Crippen molar-refractivity contribution in [2.24, 2.45) is 46.3 Å². The molecule has 3 nitrogen and oxygen atoms in total. The Balaban J connectivity index is 1.45. The lowest BCUT2D eigenvalue weighted by atomic mass is 9.42. The second-order valence-corrected chi connectivity index (χ2v) is 14.7. The van der Waals surface area contributed by atoms with Gasteiger partial charge in [0.05, 0.1) is 6.10 Å². The molecule has 0 aliphatic heterocycles. The minimum Gasteiger partial charge on any atom is -0.393 e. The van der Waals surface area contributed by atoms with Crippen LogP contribution in [-0.2, 0) is 0 Å². The summed E-state index contributed by atoms with van der Waals surface area (Å²) in [5, 5.41) is 23.3. The number of pyridine rings is 1. The Bertz CT molecular complexity index is 913. The molecule has 10 atom stereocenters. The third-order valence-electron chi connectivity index (χ3n) is 12.4. The lowest BCUT2D eigenvalue weighted by molar-refractivity contribution is -0.747. The Hall–Kier alpha value is -0.930. The summed E-state index contributed by atoms with van der Waals surface area (Å²) in [6.07, 6.45) is 16.9. The Morgan fingerprint density at radius 2 is 1.69 bits per heavy atom. The molecule has 36 heavy (non-hydrogen) atoms. The number of hydrogen-bond acceptors (Lipinski definition) is 2.